The van der Waals surface area contributed by atoms with Crippen molar-refractivity contribution in [3.8, 4) is 0 Å². The SMILES string of the molecule is Cc1nccc2c1cnc1cc(=O)[nH]n12. The van der Waals surface area contributed by atoms with Gasteiger partial charge in [0.25, 0.3) is 5.56 Å². The van der Waals surface area contributed by atoms with E-state index in [0.29, 0.717) is 5.65 Å². The van der Waals surface area contributed by atoms with Crippen molar-refractivity contribution in [2.24, 2.45) is 0 Å². The first-order valence-electron chi connectivity index (χ1n) is 4.58. The van der Waals surface area contributed by atoms with Gasteiger partial charge < -0.3 is 0 Å². The van der Waals surface area contributed by atoms with E-state index in [1.54, 1.807) is 16.9 Å². The summed E-state index contributed by atoms with van der Waals surface area (Å²) in [6.45, 7) is 1.91. The van der Waals surface area contributed by atoms with Crippen LogP contribution in [0, 0.1) is 6.92 Å². The van der Waals surface area contributed by atoms with Crippen molar-refractivity contribution in [2.45, 2.75) is 6.92 Å². The van der Waals surface area contributed by atoms with E-state index in [2.05, 4.69) is 15.1 Å². The molecule has 0 unspecified atom stereocenters. The molecule has 3 rings (SSSR count). The molecule has 0 saturated heterocycles. The number of aryl methyl sites for hydroxylation is 1. The second kappa shape index (κ2) is 2.66. The molecule has 0 aromatic carbocycles. The summed E-state index contributed by atoms with van der Waals surface area (Å²) in [7, 11) is 0. The molecule has 0 saturated carbocycles. The van der Waals surface area contributed by atoms with Gasteiger partial charge in [-0.15, -0.1) is 0 Å². The first-order valence-corrected chi connectivity index (χ1v) is 4.58. The monoisotopic (exact) mass is 200 g/mol. The molecule has 15 heavy (non-hydrogen) atoms. The number of aromatic amines is 1. The van der Waals surface area contributed by atoms with E-state index >= 15 is 0 Å². The van der Waals surface area contributed by atoms with Crippen molar-refractivity contribution < 1.29 is 0 Å². The second-order valence-corrected chi connectivity index (χ2v) is 3.40. The molecular weight excluding hydrogens is 192 g/mol. The van der Waals surface area contributed by atoms with Crippen LogP contribution in [-0.2, 0) is 0 Å². The molecule has 0 bridgehead atoms. The Hall–Kier alpha value is -2.17. The lowest BCUT2D eigenvalue weighted by molar-refractivity contribution is 0.956. The van der Waals surface area contributed by atoms with Crippen molar-refractivity contribution in [1.29, 1.82) is 0 Å². The molecule has 3 aromatic heterocycles. The summed E-state index contributed by atoms with van der Waals surface area (Å²) in [6, 6.07) is 3.32. The van der Waals surface area contributed by atoms with Crippen LogP contribution in [0.4, 0.5) is 0 Å². The Balaban J connectivity index is 2.65. The highest BCUT2D eigenvalue weighted by Gasteiger charge is 2.04. The highest BCUT2D eigenvalue weighted by molar-refractivity contribution is 5.81. The van der Waals surface area contributed by atoms with Crippen molar-refractivity contribution in [2.75, 3.05) is 0 Å². The smallest absolute Gasteiger partial charge is 0.266 e. The van der Waals surface area contributed by atoms with Crippen LogP contribution in [0.2, 0.25) is 0 Å². The van der Waals surface area contributed by atoms with Gasteiger partial charge in [0.2, 0.25) is 0 Å². The van der Waals surface area contributed by atoms with E-state index in [4.69, 9.17) is 0 Å². The van der Waals surface area contributed by atoms with E-state index in [9.17, 15) is 4.79 Å². The lowest BCUT2D eigenvalue weighted by atomic mass is 10.2. The van der Waals surface area contributed by atoms with Gasteiger partial charge in [-0.2, -0.15) is 0 Å². The third-order valence-electron chi connectivity index (χ3n) is 2.44. The average molecular weight is 200 g/mol. The van der Waals surface area contributed by atoms with Gasteiger partial charge in [0.15, 0.2) is 5.65 Å². The standard InChI is InChI=1S/C10H8N4O/c1-6-7-5-12-9-4-10(15)13-14(9)8(7)2-3-11-6/h2-5H,1H3,(H,13,15). The fourth-order valence-electron chi connectivity index (χ4n) is 1.71. The van der Waals surface area contributed by atoms with Gasteiger partial charge in [-0.05, 0) is 13.0 Å². The normalized spacial score (nSPS) is 11.3. The molecular formula is C10H8N4O. The third kappa shape index (κ3) is 1.06. The topological polar surface area (TPSA) is 63.0 Å². The summed E-state index contributed by atoms with van der Waals surface area (Å²) in [5, 5.41) is 3.64. The summed E-state index contributed by atoms with van der Waals surface area (Å²) >= 11 is 0. The van der Waals surface area contributed by atoms with Crippen LogP contribution in [0.3, 0.4) is 0 Å². The van der Waals surface area contributed by atoms with Crippen LogP contribution < -0.4 is 5.56 Å². The van der Waals surface area contributed by atoms with Gasteiger partial charge in [-0.25, -0.2) is 9.50 Å². The van der Waals surface area contributed by atoms with Gasteiger partial charge in [0.1, 0.15) is 0 Å². The quantitative estimate of drug-likeness (QED) is 0.586. The molecule has 0 aliphatic heterocycles. The predicted molar refractivity (Wildman–Crippen MR) is 55.9 cm³/mol. The zero-order valence-corrected chi connectivity index (χ0v) is 8.06. The number of nitrogens with one attached hydrogen (secondary N) is 1. The highest BCUT2D eigenvalue weighted by Crippen LogP contribution is 2.14. The summed E-state index contributed by atoms with van der Waals surface area (Å²) in [6.07, 6.45) is 3.45. The number of nitrogens with zero attached hydrogens (tertiary/aromatic N) is 3. The van der Waals surface area contributed by atoms with Crippen LogP contribution in [0.15, 0.2) is 29.3 Å². The molecule has 3 heterocycles. The average Bonchev–Trinajstić information content (AvgIpc) is 2.59. The Morgan fingerprint density at radius 3 is 3.13 bits per heavy atom. The fraction of sp³-hybridized carbons (Fsp3) is 0.100. The number of hydrogen-bond donors (Lipinski definition) is 1. The van der Waals surface area contributed by atoms with Gasteiger partial charge in [0.05, 0.1) is 5.52 Å². The van der Waals surface area contributed by atoms with Gasteiger partial charge in [-0.1, -0.05) is 0 Å². The van der Waals surface area contributed by atoms with Crippen LogP contribution in [0.5, 0.6) is 0 Å². The molecule has 0 atom stereocenters. The summed E-state index contributed by atoms with van der Waals surface area (Å²) in [5.41, 5.74) is 2.29. The number of fused-ring (bicyclic) bond motifs is 3. The van der Waals surface area contributed by atoms with E-state index < -0.39 is 0 Å². The van der Waals surface area contributed by atoms with E-state index in [0.717, 1.165) is 16.6 Å². The summed E-state index contributed by atoms with van der Waals surface area (Å²) < 4.78 is 1.67. The lowest BCUT2D eigenvalue weighted by Crippen LogP contribution is -2.00. The zero-order chi connectivity index (χ0) is 10.4. The minimum atomic E-state index is -0.149. The molecule has 5 heteroatoms. The molecule has 0 fully saturated rings. The second-order valence-electron chi connectivity index (χ2n) is 3.40. The number of aromatic nitrogens is 4. The maximum Gasteiger partial charge on any atom is 0.266 e. The van der Waals surface area contributed by atoms with Crippen LogP contribution >= 0.6 is 0 Å². The molecule has 0 aliphatic carbocycles. The van der Waals surface area contributed by atoms with E-state index in [1.165, 1.54) is 6.07 Å². The molecule has 0 amide bonds. The summed E-state index contributed by atoms with van der Waals surface area (Å²) in [5.74, 6) is 0. The predicted octanol–water partition coefficient (Wildman–Crippen LogP) is 0.879. The molecule has 74 valence electrons. The number of pyridine rings is 1. The van der Waals surface area contributed by atoms with Crippen LogP contribution in [0.25, 0.3) is 16.6 Å². The molecule has 0 radical (unpaired) electrons. The molecule has 1 N–H and O–H groups in total. The number of rotatable bonds is 0. The lowest BCUT2D eigenvalue weighted by Gasteiger charge is -2.02. The Bertz CT molecular complexity index is 710. The van der Waals surface area contributed by atoms with Crippen molar-refractivity contribution in [3.05, 3.63) is 40.6 Å². The highest BCUT2D eigenvalue weighted by atomic mass is 16.1. The van der Waals surface area contributed by atoms with Crippen molar-refractivity contribution >= 4 is 16.6 Å². The fourth-order valence-corrected chi connectivity index (χ4v) is 1.71. The first kappa shape index (κ1) is 8.16. The van der Waals surface area contributed by atoms with Gasteiger partial charge in [-0.3, -0.25) is 14.9 Å². The Kier molecular flexibility index (Phi) is 1.45. The Labute approximate surface area is 84.4 Å². The Morgan fingerprint density at radius 1 is 1.40 bits per heavy atom. The van der Waals surface area contributed by atoms with Crippen LogP contribution in [-0.4, -0.2) is 19.6 Å². The number of H-pyrrole nitrogens is 1. The molecule has 0 spiro atoms. The van der Waals surface area contributed by atoms with E-state index in [-0.39, 0.29) is 5.56 Å². The molecule has 3 aromatic rings. The Morgan fingerprint density at radius 2 is 2.27 bits per heavy atom. The van der Waals surface area contributed by atoms with Crippen molar-refractivity contribution in [3.63, 3.8) is 0 Å². The summed E-state index contributed by atoms with van der Waals surface area (Å²) in [4.78, 5) is 19.5. The first-order chi connectivity index (χ1) is 7.25. The van der Waals surface area contributed by atoms with Gasteiger partial charge in [0, 0.05) is 29.5 Å². The maximum atomic E-state index is 11.2. The number of hydrogen-bond acceptors (Lipinski definition) is 3. The van der Waals surface area contributed by atoms with E-state index in [1.807, 2.05) is 13.0 Å². The molecule has 5 nitrogen and oxygen atoms in total. The molecule has 0 aliphatic rings. The van der Waals surface area contributed by atoms with Gasteiger partial charge >= 0.3 is 0 Å². The minimum Gasteiger partial charge on any atom is -0.268 e. The maximum absolute atomic E-state index is 11.2. The zero-order valence-electron chi connectivity index (χ0n) is 8.06. The van der Waals surface area contributed by atoms with Crippen molar-refractivity contribution in [1.82, 2.24) is 19.6 Å². The third-order valence-corrected chi connectivity index (χ3v) is 2.44. The minimum absolute atomic E-state index is 0.149. The van der Waals surface area contributed by atoms with Crippen LogP contribution in [0.1, 0.15) is 5.69 Å². The largest absolute Gasteiger partial charge is 0.268 e.